The zero-order valence-corrected chi connectivity index (χ0v) is 8.50. The monoisotopic (exact) mass is 243 g/mol. The average Bonchev–Trinajstić information content (AvgIpc) is 2.47. The first kappa shape index (κ1) is 11.3. The van der Waals surface area contributed by atoms with Crippen molar-refractivity contribution in [2.24, 2.45) is 0 Å². The van der Waals surface area contributed by atoms with E-state index in [1.54, 1.807) is 0 Å². The summed E-state index contributed by atoms with van der Waals surface area (Å²) in [5, 5.41) is 0.164. The molecule has 0 spiro atoms. The van der Waals surface area contributed by atoms with Crippen LogP contribution in [0.3, 0.4) is 0 Å². The Balaban J connectivity index is 2.86. The molecule has 0 fully saturated rings. The van der Waals surface area contributed by atoms with Crippen LogP contribution in [0.4, 0.5) is 18.2 Å². The number of nitrogens with zero attached hydrogens (tertiary/aromatic N) is 1. The molecule has 0 saturated heterocycles. The summed E-state index contributed by atoms with van der Waals surface area (Å²) < 4.78 is 36.3. The van der Waals surface area contributed by atoms with Crippen molar-refractivity contribution < 1.29 is 18.0 Å². The molecule has 78 valence electrons. The van der Waals surface area contributed by atoms with Crippen molar-refractivity contribution in [1.82, 2.24) is 0 Å². The molecule has 14 heavy (non-hydrogen) atoms. The van der Waals surface area contributed by atoms with Crippen LogP contribution < -0.4 is 4.90 Å². The Hall–Kier alpha value is -0.750. The van der Waals surface area contributed by atoms with Crippen LogP contribution in [0.5, 0.6) is 0 Å². The van der Waals surface area contributed by atoms with Gasteiger partial charge < -0.3 is 0 Å². The number of rotatable bonds is 1. The van der Waals surface area contributed by atoms with Gasteiger partial charge in [-0.05, 0) is 12.1 Å². The predicted molar refractivity (Wildman–Crippen MR) is 48.8 cm³/mol. The van der Waals surface area contributed by atoms with Gasteiger partial charge in [-0.3, -0.25) is 9.69 Å². The summed E-state index contributed by atoms with van der Waals surface area (Å²) in [6.07, 6.45) is -4.86. The molecule has 1 rings (SSSR count). The van der Waals surface area contributed by atoms with Crippen molar-refractivity contribution >= 4 is 33.8 Å². The Morgan fingerprint density at radius 3 is 2.43 bits per heavy atom. The van der Waals surface area contributed by atoms with Gasteiger partial charge in [0.05, 0.1) is 9.34 Å². The SMILES string of the molecule is CN(C(=O)C(F)(F)F)c1ccc(Cl)s1. The molecule has 1 aromatic heterocycles. The number of thiophene rings is 1. The third kappa shape index (κ3) is 2.39. The van der Waals surface area contributed by atoms with Crippen molar-refractivity contribution in [2.45, 2.75) is 6.18 Å². The molecule has 0 unspecified atom stereocenters. The van der Waals surface area contributed by atoms with Gasteiger partial charge in [0.15, 0.2) is 0 Å². The number of carbonyl (C=O) groups is 1. The van der Waals surface area contributed by atoms with Gasteiger partial charge in [0.25, 0.3) is 0 Å². The number of amides is 1. The third-order valence-electron chi connectivity index (χ3n) is 1.44. The van der Waals surface area contributed by atoms with Crippen molar-refractivity contribution in [3.63, 3.8) is 0 Å². The van der Waals surface area contributed by atoms with Crippen molar-refractivity contribution in [2.75, 3.05) is 11.9 Å². The van der Waals surface area contributed by atoms with Crippen LogP contribution in [0.25, 0.3) is 0 Å². The molecular formula is C7H5ClF3NOS. The molecular weight excluding hydrogens is 239 g/mol. The zero-order valence-electron chi connectivity index (χ0n) is 6.93. The molecule has 0 aliphatic heterocycles. The molecule has 0 atom stereocenters. The minimum atomic E-state index is -4.86. The van der Waals surface area contributed by atoms with E-state index in [2.05, 4.69) is 0 Å². The van der Waals surface area contributed by atoms with E-state index in [0.717, 1.165) is 18.4 Å². The van der Waals surface area contributed by atoms with Gasteiger partial charge in [-0.15, -0.1) is 11.3 Å². The first-order valence-corrected chi connectivity index (χ1v) is 4.62. The lowest BCUT2D eigenvalue weighted by atomic mass is 10.5. The van der Waals surface area contributed by atoms with Gasteiger partial charge in [-0.25, -0.2) is 0 Å². The number of carbonyl (C=O) groups excluding carboxylic acids is 1. The maximum absolute atomic E-state index is 12.0. The van der Waals surface area contributed by atoms with E-state index < -0.39 is 12.1 Å². The summed E-state index contributed by atoms with van der Waals surface area (Å²) in [4.78, 5) is 11.3. The highest BCUT2D eigenvalue weighted by molar-refractivity contribution is 7.20. The summed E-state index contributed by atoms with van der Waals surface area (Å²) in [5.74, 6) is -1.91. The summed E-state index contributed by atoms with van der Waals surface area (Å²) in [6.45, 7) is 0. The lowest BCUT2D eigenvalue weighted by molar-refractivity contribution is -0.170. The minimum Gasteiger partial charge on any atom is -0.299 e. The molecule has 2 nitrogen and oxygen atoms in total. The highest BCUT2D eigenvalue weighted by Gasteiger charge is 2.41. The second-order valence-electron chi connectivity index (χ2n) is 2.44. The normalized spacial score (nSPS) is 11.5. The lowest BCUT2D eigenvalue weighted by Crippen LogP contribution is -2.38. The summed E-state index contributed by atoms with van der Waals surface area (Å²) in [7, 11) is 1.05. The van der Waals surface area contributed by atoms with E-state index in [1.807, 2.05) is 0 Å². The van der Waals surface area contributed by atoms with E-state index in [1.165, 1.54) is 12.1 Å². The Kier molecular flexibility index (Phi) is 3.06. The molecule has 1 aromatic rings. The van der Waals surface area contributed by atoms with Crippen molar-refractivity contribution in [1.29, 1.82) is 0 Å². The quantitative estimate of drug-likeness (QED) is 0.743. The van der Waals surface area contributed by atoms with Crippen molar-refractivity contribution in [3.05, 3.63) is 16.5 Å². The smallest absolute Gasteiger partial charge is 0.299 e. The molecule has 0 bridgehead atoms. The maximum Gasteiger partial charge on any atom is 0.471 e. The minimum absolute atomic E-state index is 0.164. The standard InChI is InChI=1S/C7H5ClF3NOS/c1-12(6(13)7(9,10)11)5-3-2-4(8)14-5/h2-3H,1H3. The van der Waals surface area contributed by atoms with Gasteiger partial charge in [-0.2, -0.15) is 13.2 Å². The molecule has 0 aliphatic carbocycles. The van der Waals surface area contributed by atoms with E-state index >= 15 is 0 Å². The molecule has 7 heteroatoms. The van der Waals surface area contributed by atoms with Crippen LogP contribution in [0.1, 0.15) is 0 Å². The first-order chi connectivity index (χ1) is 6.32. The Morgan fingerprint density at radius 1 is 1.50 bits per heavy atom. The van der Waals surface area contributed by atoms with Gasteiger partial charge in [0.1, 0.15) is 0 Å². The summed E-state index contributed by atoms with van der Waals surface area (Å²) in [6, 6.07) is 2.79. The highest BCUT2D eigenvalue weighted by Crippen LogP contribution is 2.31. The second-order valence-corrected chi connectivity index (χ2v) is 4.13. The van der Waals surface area contributed by atoms with E-state index in [0.29, 0.717) is 9.24 Å². The third-order valence-corrected chi connectivity index (χ3v) is 2.74. The van der Waals surface area contributed by atoms with Crippen LogP contribution in [0.15, 0.2) is 12.1 Å². The molecule has 0 aromatic carbocycles. The molecule has 0 N–H and O–H groups in total. The zero-order chi connectivity index (χ0) is 10.9. The van der Waals surface area contributed by atoms with Gasteiger partial charge >= 0.3 is 12.1 Å². The largest absolute Gasteiger partial charge is 0.471 e. The van der Waals surface area contributed by atoms with Crippen LogP contribution in [0, 0.1) is 0 Å². The van der Waals surface area contributed by atoms with E-state index in [9.17, 15) is 18.0 Å². The number of hydrogen-bond acceptors (Lipinski definition) is 2. The topological polar surface area (TPSA) is 20.3 Å². The Morgan fingerprint density at radius 2 is 2.07 bits per heavy atom. The molecule has 0 aliphatic rings. The van der Waals surface area contributed by atoms with Crippen LogP contribution in [-0.4, -0.2) is 19.1 Å². The fourth-order valence-electron chi connectivity index (χ4n) is 0.775. The number of halogens is 4. The predicted octanol–water partition coefficient (Wildman–Crippen LogP) is 2.93. The Labute approximate surface area is 86.9 Å². The highest BCUT2D eigenvalue weighted by atomic mass is 35.5. The lowest BCUT2D eigenvalue weighted by Gasteiger charge is -2.16. The van der Waals surface area contributed by atoms with Crippen LogP contribution in [-0.2, 0) is 4.79 Å². The fraction of sp³-hybridized carbons (Fsp3) is 0.286. The second kappa shape index (κ2) is 3.78. The fourth-order valence-corrected chi connectivity index (χ4v) is 1.77. The molecule has 1 heterocycles. The Bertz CT molecular complexity index is 349. The van der Waals surface area contributed by atoms with Gasteiger partial charge in [-0.1, -0.05) is 11.6 Å². The van der Waals surface area contributed by atoms with E-state index in [-0.39, 0.29) is 5.00 Å². The van der Waals surface area contributed by atoms with Crippen LogP contribution >= 0.6 is 22.9 Å². The molecule has 1 amide bonds. The van der Waals surface area contributed by atoms with Crippen molar-refractivity contribution in [3.8, 4) is 0 Å². The van der Waals surface area contributed by atoms with E-state index in [4.69, 9.17) is 11.6 Å². The van der Waals surface area contributed by atoms with Gasteiger partial charge in [0.2, 0.25) is 0 Å². The maximum atomic E-state index is 12.0. The molecule has 0 radical (unpaired) electrons. The first-order valence-electron chi connectivity index (χ1n) is 3.42. The average molecular weight is 244 g/mol. The summed E-state index contributed by atoms with van der Waals surface area (Å²) in [5.41, 5.74) is 0. The molecule has 0 saturated carbocycles. The number of alkyl halides is 3. The van der Waals surface area contributed by atoms with Crippen LogP contribution in [0.2, 0.25) is 4.34 Å². The van der Waals surface area contributed by atoms with Gasteiger partial charge in [0, 0.05) is 7.05 Å². The number of anilines is 1. The summed E-state index contributed by atoms with van der Waals surface area (Å²) >= 11 is 6.43. The number of hydrogen-bond donors (Lipinski definition) is 0.